The van der Waals surface area contributed by atoms with E-state index in [-0.39, 0.29) is 5.91 Å². The van der Waals surface area contributed by atoms with E-state index in [1.54, 1.807) is 0 Å². The lowest BCUT2D eigenvalue weighted by atomic mass is 10.3. The Balaban J connectivity index is 1.79. The van der Waals surface area contributed by atoms with E-state index in [4.69, 9.17) is 0 Å². The molecule has 1 aromatic carbocycles. The lowest BCUT2D eigenvalue weighted by Crippen LogP contribution is -2.31. The fraction of sp³-hybridized carbons (Fsp3) is 0.417. The quantitative estimate of drug-likeness (QED) is 0.845. The van der Waals surface area contributed by atoms with Gasteiger partial charge in [0.1, 0.15) is 0 Å². The average molecular weight is 362 g/mol. The standard InChI is InChI=1S/C12H14Br2N2O/c13-9-3-4-10(14)11(5-9)15-7-12(17)16-6-8-1-2-8/h3-5,8,15H,1-2,6-7H2,(H,16,17). The van der Waals surface area contributed by atoms with Crippen LogP contribution in [-0.4, -0.2) is 19.0 Å². The highest BCUT2D eigenvalue weighted by Gasteiger charge is 2.21. The summed E-state index contributed by atoms with van der Waals surface area (Å²) in [5, 5.41) is 6.03. The van der Waals surface area contributed by atoms with E-state index >= 15 is 0 Å². The third-order valence-corrected chi connectivity index (χ3v) is 3.84. The summed E-state index contributed by atoms with van der Waals surface area (Å²) in [7, 11) is 0. The molecule has 92 valence electrons. The zero-order valence-electron chi connectivity index (χ0n) is 9.30. The van der Waals surface area contributed by atoms with Crippen LogP contribution in [0.3, 0.4) is 0 Å². The van der Waals surface area contributed by atoms with Crippen LogP contribution in [0, 0.1) is 5.92 Å². The van der Waals surface area contributed by atoms with E-state index in [0.29, 0.717) is 6.54 Å². The van der Waals surface area contributed by atoms with Crippen molar-refractivity contribution >= 4 is 43.5 Å². The summed E-state index contributed by atoms with van der Waals surface area (Å²) < 4.78 is 1.94. The second-order valence-electron chi connectivity index (χ2n) is 4.23. The highest BCUT2D eigenvalue weighted by atomic mass is 79.9. The maximum absolute atomic E-state index is 11.5. The van der Waals surface area contributed by atoms with Crippen LogP contribution in [0.1, 0.15) is 12.8 Å². The number of hydrogen-bond acceptors (Lipinski definition) is 2. The van der Waals surface area contributed by atoms with Crippen molar-refractivity contribution in [1.29, 1.82) is 0 Å². The van der Waals surface area contributed by atoms with E-state index in [0.717, 1.165) is 27.1 Å². The molecule has 1 fully saturated rings. The second-order valence-corrected chi connectivity index (χ2v) is 6.00. The van der Waals surface area contributed by atoms with Crippen molar-refractivity contribution in [2.24, 2.45) is 5.92 Å². The number of anilines is 1. The average Bonchev–Trinajstić information content (AvgIpc) is 3.11. The normalized spacial score (nSPS) is 14.5. The molecule has 1 aliphatic carbocycles. The molecule has 0 aliphatic heterocycles. The van der Waals surface area contributed by atoms with E-state index < -0.39 is 0 Å². The smallest absolute Gasteiger partial charge is 0.239 e. The largest absolute Gasteiger partial charge is 0.375 e. The van der Waals surface area contributed by atoms with Crippen LogP contribution in [0.25, 0.3) is 0 Å². The Kier molecular flexibility index (Phi) is 4.45. The molecule has 1 amide bonds. The van der Waals surface area contributed by atoms with Crippen molar-refractivity contribution in [3.8, 4) is 0 Å². The molecule has 0 atom stereocenters. The first-order valence-electron chi connectivity index (χ1n) is 5.61. The molecule has 0 unspecified atom stereocenters. The van der Waals surface area contributed by atoms with Crippen molar-refractivity contribution in [3.63, 3.8) is 0 Å². The maximum atomic E-state index is 11.5. The molecule has 0 aromatic heterocycles. The predicted molar refractivity (Wildman–Crippen MR) is 76.1 cm³/mol. The lowest BCUT2D eigenvalue weighted by molar-refractivity contribution is -0.119. The molecule has 0 bridgehead atoms. The third-order valence-electron chi connectivity index (χ3n) is 2.65. The van der Waals surface area contributed by atoms with E-state index in [2.05, 4.69) is 42.5 Å². The first-order chi connectivity index (χ1) is 8.15. The molecule has 3 nitrogen and oxygen atoms in total. The number of carbonyl (C=O) groups excluding carboxylic acids is 1. The van der Waals surface area contributed by atoms with Gasteiger partial charge in [0, 0.05) is 21.2 Å². The van der Waals surface area contributed by atoms with Crippen LogP contribution < -0.4 is 10.6 Å². The zero-order chi connectivity index (χ0) is 12.3. The summed E-state index contributed by atoms with van der Waals surface area (Å²) in [6, 6.07) is 5.83. The zero-order valence-corrected chi connectivity index (χ0v) is 12.5. The van der Waals surface area contributed by atoms with E-state index in [9.17, 15) is 4.79 Å². The van der Waals surface area contributed by atoms with Crippen LogP contribution >= 0.6 is 31.9 Å². The van der Waals surface area contributed by atoms with Crippen molar-refractivity contribution in [3.05, 3.63) is 27.1 Å². The number of rotatable bonds is 5. The molecule has 0 heterocycles. The summed E-state index contributed by atoms with van der Waals surface area (Å²) >= 11 is 6.84. The number of carbonyl (C=O) groups is 1. The minimum Gasteiger partial charge on any atom is -0.375 e. The second kappa shape index (κ2) is 5.87. The molecule has 0 spiro atoms. The van der Waals surface area contributed by atoms with E-state index in [1.807, 2.05) is 18.2 Å². The van der Waals surface area contributed by atoms with Crippen LogP contribution in [0.4, 0.5) is 5.69 Å². The molecular formula is C12H14Br2N2O. The molecule has 17 heavy (non-hydrogen) atoms. The first-order valence-corrected chi connectivity index (χ1v) is 7.19. The number of hydrogen-bond donors (Lipinski definition) is 2. The number of benzene rings is 1. The van der Waals surface area contributed by atoms with Gasteiger partial charge in [0.25, 0.3) is 0 Å². The first kappa shape index (κ1) is 12.9. The summed E-state index contributed by atoms with van der Waals surface area (Å²) in [4.78, 5) is 11.5. The summed E-state index contributed by atoms with van der Waals surface area (Å²) in [6.07, 6.45) is 2.51. The Hall–Kier alpha value is -0.550. The topological polar surface area (TPSA) is 41.1 Å². The van der Waals surface area contributed by atoms with Gasteiger partial charge in [-0.25, -0.2) is 0 Å². The summed E-state index contributed by atoms with van der Waals surface area (Å²) in [6.45, 7) is 1.13. The maximum Gasteiger partial charge on any atom is 0.239 e. The van der Waals surface area contributed by atoms with Crippen LogP contribution in [0.2, 0.25) is 0 Å². The Morgan fingerprint density at radius 1 is 1.35 bits per heavy atom. The van der Waals surface area contributed by atoms with Crippen molar-refractivity contribution in [2.75, 3.05) is 18.4 Å². The van der Waals surface area contributed by atoms with Crippen LogP contribution in [-0.2, 0) is 4.79 Å². The number of halogens is 2. The van der Waals surface area contributed by atoms with Crippen molar-refractivity contribution < 1.29 is 4.79 Å². The molecule has 1 saturated carbocycles. The van der Waals surface area contributed by atoms with Crippen LogP contribution in [0.5, 0.6) is 0 Å². The SMILES string of the molecule is O=C(CNc1cc(Br)ccc1Br)NCC1CC1. The summed E-state index contributed by atoms with van der Waals surface area (Å²) in [5.74, 6) is 0.764. The fourth-order valence-electron chi connectivity index (χ4n) is 1.45. The Morgan fingerprint density at radius 2 is 2.12 bits per heavy atom. The molecule has 0 radical (unpaired) electrons. The van der Waals surface area contributed by atoms with Gasteiger partial charge in [-0.3, -0.25) is 4.79 Å². The lowest BCUT2D eigenvalue weighted by Gasteiger charge is -2.09. The molecule has 1 aromatic rings. The van der Waals surface area contributed by atoms with Crippen LogP contribution in [0.15, 0.2) is 27.1 Å². The summed E-state index contributed by atoms with van der Waals surface area (Å²) in [5.41, 5.74) is 0.918. The van der Waals surface area contributed by atoms with Crippen molar-refractivity contribution in [2.45, 2.75) is 12.8 Å². The number of nitrogens with one attached hydrogen (secondary N) is 2. The third kappa shape index (κ3) is 4.32. The minimum absolute atomic E-state index is 0.0452. The van der Waals surface area contributed by atoms with Gasteiger partial charge in [0.05, 0.1) is 6.54 Å². The molecule has 0 saturated heterocycles. The fourth-order valence-corrected chi connectivity index (χ4v) is 2.20. The van der Waals surface area contributed by atoms with Gasteiger partial charge >= 0.3 is 0 Å². The Morgan fingerprint density at radius 3 is 2.82 bits per heavy atom. The van der Waals surface area contributed by atoms with Crippen molar-refractivity contribution in [1.82, 2.24) is 5.32 Å². The van der Waals surface area contributed by atoms with Gasteiger partial charge in [0.15, 0.2) is 0 Å². The van der Waals surface area contributed by atoms with Gasteiger partial charge in [-0.15, -0.1) is 0 Å². The van der Waals surface area contributed by atoms with Gasteiger partial charge in [-0.2, -0.15) is 0 Å². The monoisotopic (exact) mass is 360 g/mol. The van der Waals surface area contributed by atoms with Gasteiger partial charge in [-0.05, 0) is 52.9 Å². The molecule has 1 aliphatic rings. The van der Waals surface area contributed by atoms with Gasteiger partial charge in [0.2, 0.25) is 5.91 Å². The number of amides is 1. The highest BCUT2D eigenvalue weighted by Crippen LogP contribution is 2.27. The van der Waals surface area contributed by atoms with Gasteiger partial charge in [-0.1, -0.05) is 15.9 Å². The highest BCUT2D eigenvalue weighted by molar-refractivity contribution is 9.11. The van der Waals surface area contributed by atoms with E-state index in [1.165, 1.54) is 12.8 Å². The predicted octanol–water partition coefficient (Wildman–Crippen LogP) is 3.15. The molecule has 2 rings (SSSR count). The Bertz CT molecular complexity index is 419. The molecular weight excluding hydrogens is 348 g/mol. The molecule has 5 heteroatoms. The Labute approximate surface area is 118 Å². The minimum atomic E-state index is 0.0452. The molecule has 2 N–H and O–H groups in total. The van der Waals surface area contributed by atoms with Gasteiger partial charge < -0.3 is 10.6 Å².